The minimum absolute atomic E-state index is 0.00588. The van der Waals surface area contributed by atoms with E-state index in [0.29, 0.717) is 35.6 Å². The highest BCUT2D eigenvalue weighted by molar-refractivity contribution is 6.42. The predicted molar refractivity (Wildman–Crippen MR) is 128 cm³/mol. The van der Waals surface area contributed by atoms with E-state index in [9.17, 15) is 9.59 Å². The first-order chi connectivity index (χ1) is 15.3. The van der Waals surface area contributed by atoms with E-state index < -0.39 is 0 Å². The third kappa shape index (κ3) is 5.02. The smallest absolute Gasteiger partial charge is 0.317 e. The summed E-state index contributed by atoms with van der Waals surface area (Å²) in [5.41, 5.74) is 0.870. The maximum Gasteiger partial charge on any atom is 0.317 e. The maximum absolute atomic E-state index is 13.5. The summed E-state index contributed by atoms with van der Waals surface area (Å²) in [5.74, 6) is 0.105. The third-order valence-electron chi connectivity index (χ3n) is 7.07. The first-order valence-electron chi connectivity index (χ1n) is 11.9. The van der Waals surface area contributed by atoms with Crippen molar-refractivity contribution in [3.05, 3.63) is 33.8 Å². The van der Waals surface area contributed by atoms with E-state index >= 15 is 0 Å². The van der Waals surface area contributed by atoms with Crippen LogP contribution in [-0.4, -0.2) is 77.0 Å². The van der Waals surface area contributed by atoms with Crippen LogP contribution in [-0.2, 0) is 11.2 Å². The molecule has 0 aromatic heterocycles. The lowest BCUT2D eigenvalue weighted by molar-refractivity contribution is -0.141. The van der Waals surface area contributed by atoms with Crippen molar-refractivity contribution in [1.82, 2.24) is 20.0 Å². The van der Waals surface area contributed by atoms with Gasteiger partial charge in [-0.05, 0) is 76.7 Å². The van der Waals surface area contributed by atoms with Crippen LogP contribution in [0.5, 0.6) is 0 Å². The zero-order valence-electron chi connectivity index (χ0n) is 19.0. The molecule has 32 heavy (non-hydrogen) atoms. The van der Waals surface area contributed by atoms with E-state index in [1.54, 1.807) is 12.1 Å². The number of hydrogen-bond acceptors (Lipinski definition) is 3. The fraction of sp³-hybridized carbons (Fsp3) is 0.667. The first-order valence-corrected chi connectivity index (χ1v) is 12.7. The number of piperazine rings is 1. The molecule has 1 saturated carbocycles. The fourth-order valence-corrected chi connectivity index (χ4v) is 6.01. The molecule has 4 rings (SSSR count). The average Bonchev–Trinajstić information content (AvgIpc) is 3.29. The molecular formula is C24H34Cl2N4O2. The minimum Gasteiger partial charge on any atom is -0.336 e. The van der Waals surface area contributed by atoms with Gasteiger partial charge < -0.3 is 15.1 Å². The van der Waals surface area contributed by atoms with E-state index in [1.165, 1.54) is 12.8 Å². The molecule has 1 N–H and O–H groups in total. The van der Waals surface area contributed by atoms with Crippen molar-refractivity contribution in [2.45, 2.75) is 76.5 Å². The van der Waals surface area contributed by atoms with E-state index in [4.69, 9.17) is 23.2 Å². The van der Waals surface area contributed by atoms with Crippen LogP contribution in [0.4, 0.5) is 4.79 Å². The zero-order valence-corrected chi connectivity index (χ0v) is 20.5. The number of rotatable bonds is 4. The lowest BCUT2D eigenvalue weighted by Crippen LogP contribution is -2.70. The Balaban J connectivity index is 1.58. The maximum atomic E-state index is 13.5. The molecule has 3 atom stereocenters. The molecule has 1 aromatic rings. The molecule has 6 nitrogen and oxygen atoms in total. The number of nitrogens with zero attached hydrogens (tertiary/aromatic N) is 3. The van der Waals surface area contributed by atoms with Crippen molar-refractivity contribution in [2.75, 3.05) is 26.2 Å². The van der Waals surface area contributed by atoms with Crippen LogP contribution in [0.15, 0.2) is 18.2 Å². The Kier molecular flexibility index (Phi) is 7.53. The zero-order chi connectivity index (χ0) is 22.8. The van der Waals surface area contributed by atoms with Crippen molar-refractivity contribution in [3.8, 4) is 0 Å². The third-order valence-corrected chi connectivity index (χ3v) is 7.81. The fourth-order valence-electron chi connectivity index (χ4n) is 5.69. The van der Waals surface area contributed by atoms with Gasteiger partial charge in [0.15, 0.2) is 0 Å². The molecule has 2 heterocycles. The average molecular weight is 481 g/mol. The summed E-state index contributed by atoms with van der Waals surface area (Å²) in [6.07, 6.45) is 5.83. The van der Waals surface area contributed by atoms with Crippen LogP contribution in [0.25, 0.3) is 0 Å². The van der Waals surface area contributed by atoms with Crippen molar-refractivity contribution < 1.29 is 9.59 Å². The monoisotopic (exact) mass is 480 g/mol. The Bertz CT molecular complexity index is 843. The van der Waals surface area contributed by atoms with Crippen LogP contribution in [0.1, 0.15) is 51.5 Å². The lowest BCUT2D eigenvalue weighted by atomic mass is 9.81. The van der Waals surface area contributed by atoms with E-state index in [1.807, 2.05) is 24.8 Å². The molecule has 3 fully saturated rings. The molecule has 8 heteroatoms. The number of amides is 3. The molecule has 0 unspecified atom stereocenters. The predicted octanol–water partition coefficient (Wildman–Crippen LogP) is 4.18. The summed E-state index contributed by atoms with van der Waals surface area (Å²) in [4.78, 5) is 33.2. The first kappa shape index (κ1) is 23.7. The van der Waals surface area contributed by atoms with Gasteiger partial charge in [-0.3, -0.25) is 9.69 Å². The van der Waals surface area contributed by atoms with Gasteiger partial charge in [0.25, 0.3) is 0 Å². The van der Waals surface area contributed by atoms with Gasteiger partial charge in [-0.15, -0.1) is 0 Å². The molecule has 1 aliphatic carbocycles. The second-order valence-electron chi connectivity index (χ2n) is 9.61. The Labute approximate surface area is 201 Å². The van der Waals surface area contributed by atoms with Gasteiger partial charge in [-0.25, -0.2) is 4.79 Å². The molecule has 2 saturated heterocycles. The van der Waals surface area contributed by atoms with Crippen LogP contribution in [0.2, 0.25) is 10.0 Å². The van der Waals surface area contributed by atoms with Gasteiger partial charge in [0, 0.05) is 25.2 Å². The van der Waals surface area contributed by atoms with Crippen LogP contribution in [0, 0.1) is 0 Å². The number of halogens is 2. The van der Waals surface area contributed by atoms with Crippen molar-refractivity contribution in [1.29, 1.82) is 0 Å². The molecule has 1 aromatic carbocycles. The Morgan fingerprint density at radius 2 is 1.66 bits per heavy atom. The van der Waals surface area contributed by atoms with Crippen molar-refractivity contribution >= 4 is 35.1 Å². The quantitative estimate of drug-likeness (QED) is 0.702. The highest BCUT2D eigenvalue weighted by Gasteiger charge is 2.48. The van der Waals surface area contributed by atoms with E-state index in [-0.39, 0.29) is 30.1 Å². The molecule has 0 bridgehead atoms. The molecule has 3 amide bonds. The Morgan fingerprint density at radius 3 is 2.34 bits per heavy atom. The van der Waals surface area contributed by atoms with Gasteiger partial charge in [-0.1, -0.05) is 29.3 Å². The van der Waals surface area contributed by atoms with Gasteiger partial charge in [-0.2, -0.15) is 0 Å². The van der Waals surface area contributed by atoms with E-state index in [2.05, 4.69) is 15.1 Å². The standard InChI is InChI=1S/C24H34Cl2N4O2/c1-16(2)27-24(32)29-12-13-30(22(31)15-17-8-9-18(25)19(26)14-17)23-20(6-5-7-21(23)29)28-10-3-4-11-28/h8-9,14,16,20-21,23H,3-7,10-13,15H2,1-2H3,(H,27,32)/t20-,21-,23+/m0/s1. The molecule has 0 radical (unpaired) electrons. The molecular weight excluding hydrogens is 447 g/mol. The minimum atomic E-state index is -0.00588. The molecule has 176 valence electrons. The normalized spacial score (nSPS) is 26.3. The van der Waals surface area contributed by atoms with E-state index in [0.717, 1.165) is 37.9 Å². The van der Waals surface area contributed by atoms with Gasteiger partial charge in [0.2, 0.25) is 5.91 Å². The number of carbonyl (C=O) groups excluding carboxylic acids is 2. The van der Waals surface area contributed by atoms with Gasteiger partial charge in [0.1, 0.15) is 0 Å². The number of nitrogens with one attached hydrogen (secondary N) is 1. The summed E-state index contributed by atoms with van der Waals surface area (Å²) >= 11 is 12.2. The van der Waals surface area contributed by atoms with Gasteiger partial charge in [0.05, 0.1) is 28.5 Å². The second-order valence-corrected chi connectivity index (χ2v) is 10.4. The number of urea groups is 1. The summed E-state index contributed by atoms with van der Waals surface area (Å²) < 4.78 is 0. The number of benzene rings is 1. The highest BCUT2D eigenvalue weighted by Crippen LogP contribution is 2.35. The molecule has 2 aliphatic heterocycles. The number of carbonyl (C=O) groups is 2. The SMILES string of the molecule is CC(C)NC(=O)N1CCN(C(=O)Cc2ccc(Cl)c(Cl)c2)[C@@H]2[C@@H](N3CCCC3)CCC[C@@H]21. The van der Waals surface area contributed by atoms with Crippen molar-refractivity contribution in [2.24, 2.45) is 0 Å². The summed E-state index contributed by atoms with van der Waals surface area (Å²) in [7, 11) is 0. The van der Waals surface area contributed by atoms with Gasteiger partial charge >= 0.3 is 6.03 Å². The van der Waals surface area contributed by atoms with Crippen molar-refractivity contribution in [3.63, 3.8) is 0 Å². The number of likely N-dealkylation sites (tertiary alicyclic amines) is 1. The summed E-state index contributed by atoms with van der Waals surface area (Å²) in [6, 6.07) is 5.88. The Hall–Kier alpha value is -1.50. The molecule has 3 aliphatic rings. The van der Waals surface area contributed by atoms with Crippen LogP contribution < -0.4 is 5.32 Å². The highest BCUT2D eigenvalue weighted by atomic mass is 35.5. The Morgan fingerprint density at radius 1 is 0.969 bits per heavy atom. The number of fused-ring (bicyclic) bond motifs is 1. The number of hydrogen-bond donors (Lipinski definition) is 1. The second kappa shape index (κ2) is 10.2. The molecule has 0 spiro atoms. The largest absolute Gasteiger partial charge is 0.336 e. The lowest BCUT2D eigenvalue weighted by Gasteiger charge is -2.54. The van der Waals surface area contributed by atoms with Crippen LogP contribution >= 0.6 is 23.2 Å². The topological polar surface area (TPSA) is 55.9 Å². The van der Waals surface area contributed by atoms with Crippen LogP contribution in [0.3, 0.4) is 0 Å². The summed E-state index contributed by atoms with van der Waals surface area (Å²) in [6.45, 7) is 7.28. The summed E-state index contributed by atoms with van der Waals surface area (Å²) in [5, 5.41) is 4.03.